The number of carboxylic acids is 1. The van der Waals surface area contributed by atoms with Crippen LogP contribution < -0.4 is 5.32 Å². The van der Waals surface area contributed by atoms with E-state index in [2.05, 4.69) is 5.32 Å². The van der Waals surface area contributed by atoms with Gasteiger partial charge in [0.1, 0.15) is 0 Å². The fourth-order valence-electron chi connectivity index (χ4n) is 3.18. The molecule has 0 fully saturated rings. The zero-order valence-electron chi connectivity index (χ0n) is 14.9. The lowest BCUT2D eigenvalue weighted by atomic mass is 9.93. The summed E-state index contributed by atoms with van der Waals surface area (Å²) in [6, 6.07) is 13.7. The standard InChI is InChI=1S/C21H20N2O4/c1-14(24)23-10-9-16-6-2-3-8-18(16)19(23)12-20(25)22-13-15-5-4-7-17(11-15)21(26)27/h2-11,19H,12-13H2,1H3,(H,22,25)(H,26,27)/t19-/m0/s1. The van der Waals surface area contributed by atoms with Gasteiger partial charge in [-0.1, -0.05) is 36.4 Å². The van der Waals surface area contributed by atoms with Crippen molar-refractivity contribution in [2.45, 2.75) is 25.9 Å². The molecule has 0 unspecified atom stereocenters. The van der Waals surface area contributed by atoms with Crippen LogP contribution in [0, 0.1) is 0 Å². The van der Waals surface area contributed by atoms with Crippen LogP contribution in [0.4, 0.5) is 0 Å². The molecular formula is C21H20N2O4. The Hall–Kier alpha value is -3.41. The number of carbonyl (C=O) groups is 3. The quantitative estimate of drug-likeness (QED) is 0.854. The van der Waals surface area contributed by atoms with Crippen LogP contribution in [0.25, 0.3) is 6.08 Å². The predicted molar refractivity (Wildman–Crippen MR) is 101 cm³/mol. The Bertz CT molecular complexity index is 920. The molecule has 1 atom stereocenters. The molecule has 1 heterocycles. The van der Waals surface area contributed by atoms with E-state index in [0.717, 1.165) is 11.1 Å². The van der Waals surface area contributed by atoms with Crippen LogP contribution in [0.5, 0.6) is 0 Å². The summed E-state index contributed by atoms with van der Waals surface area (Å²) in [5, 5.41) is 11.9. The normalized spacial score (nSPS) is 15.1. The molecule has 6 nitrogen and oxygen atoms in total. The number of fused-ring (bicyclic) bond motifs is 1. The van der Waals surface area contributed by atoms with Crippen LogP contribution in [0.15, 0.2) is 54.7 Å². The Morgan fingerprint density at radius 3 is 2.63 bits per heavy atom. The van der Waals surface area contributed by atoms with Gasteiger partial charge in [-0.25, -0.2) is 4.79 Å². The van der Waals surface area contributed by atoms with Crippen molar-refractivity contribution in [3.8, 4) is 0 Å². The number of amides is 2. The van der Waals surface area contributed by atoms with Crippen LogP contribution in [-0.4, -0.2) is 27.8 Å². The highest BCUT2D eigenvalue weighted by molar-refractivity contribution is 5.87. The van der Waals surface area contributed by atoms with Gasteiger partial charge in [0.15, 0.2) is 0 Å². The molecular weight excluding hydrogens is 344 g/mol. The number of carbonyl (C=O) groups excluding carboxylic acids is 2. The van der Waals surface area contributed by atoms with Gasteiger partial charge in [-0.3, -0.25) is 9.59 Å². The first kappa shape index (κ1) is 18.4. The van der Waals surface area contributed by atoms with Crippen molar-refractivity contribution >= 4 is 23.9 Å². The fraction of sp³-hybridized carbons (Fsp3) is 0.190. The zero-order chi connectivity index (χ0) is 19.4. The highest BCUT2D eigenvalue weighted by Crippen LogP contribution is 2.32. The minimum atomic E-state index is -1.01. The number of carboxylic acid groups (broad SMARTS) is 1. The first-order valence-corrected chi connectivity index (χ1v) is 8.60. The van der Waals surface area contributed by atoms with Gasteiger partial charge < -0.3 is 15.3 Å². The van der Waals surface area contributed by atoms with E-state index in [0.29, 0.717) is 5.56 Å². The second-order valence-electron chi connectivity index (χ2n) is 6.37. The molecule has 6 heteroatoms. The number of hydrogen-bond acceptors (Lipinski definition) is 3. The maximum atomic E-state index is 12.5. The van der Waals surface area contributed by atoms with Gasteiger partial charge in [-0.15, -0.1) is 0 Å². The van der Waals surface area contributed by atoms with E-state index >= 15 is 0 Å². The number of nitrogens with one attached hydrogen (secondary N) is 1. The SMILES string of the molecule is CC(=O)N1C=Cc2ccccc2[C@@H]1CC(=O)NCc1cccc(C(=O)O)c1. The van der Waals surface area contributed by atoms with E-state index in [-0.39, 0.29) is 36.4 Å². The van der Waals surface area contributed by atoms with E-state index in [4.69, 9.17) is 5.11 Å². The average Bonchev–Trinajstić information content (AvgIpc) is 2.66. The third-order valence-electron chi connectivity index (χ3n) is 4.51. The van der Waals surface area contributed by atoms with Crippen molar-refractivity contribution in [2.24, 2.45) is 0 Å². The Kier molecular flexibility index (Phi) is 5.35. The minimum Gasteiger partial charge on any atom is -0.478 e. The number of hydrogen-bond donors (Lipinski definition) is 2. The lowest BCUT2D eigenvalue weighted by Crippen LogP contribution is -2.35. The summed E-state index contributed by atoms with van der Waals surface area (Å²) in [6.45, 7) is 1.70. The van der Waals surface area contributed by atoms with Gasteiger partial charge in [-0.2, -0.15) is 0 Å². The average molecular weight is 364 g/mol. The second kappa shape index (κ2) is 7.86. The van der Waals surface area contributed by atoms with Crippen LogP contribution in [0.2, 0.25) is 0 Å². The van der Waals surface area contributed by atoms with Crippen LogP contribution >= 0.6 is 0 Å². The highest BCUT2D eigenvalue weighted by atomic mass is 16.4. The number of aromatic carboxylic acids is 1. The Morgan fingerprint density at radius 1 is 1.11 bits per heavy atom. The molecule has 138 valence electrons. The van der Waals surface area contributed by atoms with Crippen molar-refractivity contribution in [1.29, 1.82) is 0 Å². The monoisotopic (exact) mass is 364 g/mol. The molecule has 2 aromatic carbocycles. The molecule has 2 aromatic rings. The molecule has 0 aliphatic carbocycles. The molecule has 0 spiro atoms. The molecule has 0 aromatic heterocycles. The third-order valence-corrected chi connectivity index (χ3v) is 4.51. The lowest BCUT2D eigenvalue weighted by Gasteiger charge is -2.32. The number of nitrogens with zero attached hydrogens (tertiary/aromatic N) is 1. The van der Waals surface area contributed by atoms with Gasteiger partial charge in [-0.05, 0) is 34.9 Å². The minimum absolute atomic E-state index is 0.125. The van der Waals surface area contributed by atoms with Gasteiger partial charge in [0.05, 0.1) is 18.0 Å². The van der Waals surface area contributed by atoms with Crippen molar-refractivity contribution < 1.29 is 19.5 Å². The second-order valence-corrected chi connectivity index (χ2v) is 6.37. The van der Waals surface area contributed by atoms with Gasteiger partial charge in [0, 0.05) is 19.7 Å². The van der Waals surface area contributed by atoms with E-state index in [9.17, 15) is 14.4 Å². The van der Waals surface area contributed by atoms with Crippen molar-refractivity contribution in [3.63, 3.8) is 0 Å². The molecule has 0 bridgehead atoms. The van der Waals surface area contributed by atoms with Crippen LogP contribution in [-0.2, 0) is 16.1 Å². The van der Waals surface area contributed by atoms with E-state index < -0.39 is 5.97 Å². The van der Waals surface area contributed by atoms with Crippen molar-refractivity contribution in [3.05, 3.63) is 77.0 Å². The highest BCUT2D eigenvalue weighted by Gasteiger charge is 2.28. The Labute approximate surface area is 157 Å². The zero-order valence-corrected chi connectivity index (χ0v) is 14.9. The summed E-state index contributed by atoms with van der Waals surface area (Å²) in [4.78, 5) is 37.1. The fourth-order valence-corrected chi connectivity index (χ4v) is 3.18. The molecule has 0 radical (unpaired) electrons. The van der Waals surface area contributed by atoms with E-state index in [1.165, 1.54) is 19.1 Å². The third kappa shape index (κ3) is 4.23. The molecule has 0 saturated heterocycles. The van der Waals surface area contributed by atoms with Crippen LogP contribution in [0.3, 0.4) is 0 Å². The number of rotatable bonds is 5. The Morgan fingerprint density at radius 2 is 1.89 bits per heavy atom. The van der Waals surface area contributed by atoms with E-state index in [1.807, 2.05) is 30.3 Å². The van der Waals surface area contributed by atoms with Crippen molar-refractivity contribution in [2.75, 3.05) is 0 Å². The molecule has 2 N–H and O–H groups in total. The van der Waals surface area contributed by atoms with Crippen molar-refractivity contribution in [1.82, 2.24) is 10.2 Å². The summed E-state index contributed by atoms with van der Waals surface area (Å²) in [5.41, 5.74) is 2.80. The molecule has 3 rings (SSSR count). The maximum absolute atomic E-state index is 12.5. The molecule has 27 heavy (non-hydrogen) atoms. The largest absolute Gasteiger partial charge is 0.478 e. The summed E-state index contributed by atoms with van der Waals surface area (Å²) >= 11 is 0. The van der Waals surface area contributed by atoms with Gasteiger partial charge in [0.25, 0.3) is 0 Å². The van der Waals surface area contributed by atoms with Crippen LogP contribution in [0.1, 0.15) is 46.4 Å². The van der Waals surface area contributed by atoms with Gasteiger partial charge in [0.2, 0.25) is 11.8 Å². The summed E-state index contributed by atoms with van der Waals surface area (Å²) in [6.07, 6.45) is 3.70. The number of benzene rings is 2. The molecule has 1 aliphatic rings. The predicted octanol–water partition coefficient (Wildman–Crippen LogP) is 2.97. The topological polar surface area (TPSA) is 86.7 Å². The molecule has 1 aliphatic heterocycles. The first-order valence-electron chi connectivity index (χ1n) is 8.60. The first-order chi connectivity index (χ1) is 13.0. The van der Waals surface area contributed by atoms with Gasteiger partial charge >= 0.3 is 5.97 Å². The summed E-state index contributed by atoms with van der Waals surface area (Å²) in [5.74, 6) is -1.35. The lowest BCUT2D eigenvalue weighted by molar-refractivity contribution is -0.130. The van der Waals surface area contributed by atoms with E-state index in [1.54, 1.807) is 23.2 Å². The maximum Gasteiger partial charge on any atom is 0.335 e. The smallest absolute Gasteiger partial charge is 0.335 e. The summed E-state index contributed by atoms with van der Waals surface area (Å²) in [7, 11) is 0. The summed E-state index contributed by atoms with van der Waals surface area (Å²) < 4.78 is 0. The molecule has 0 saturated carbocycles. The molecule has 2 amide bonds. The Balaban J connectivity index is 1.70.